The molecule has 1 aromatic carbocycles. The van der Waals surface area contributed by atoms with Gasteiger partial charge >= 0.3 is 5.97 Å². The molecule has 0 aliphatic heterocycles. The first-order chi connectivity index (χ1) is 10.5. The number of rotatable bonds is 9. The van der Waals surface area contributed by atoms with Crippen LogP contribution in [0.25, 0.3) is 0 Å². The molecule has 3 heteroatoms. The molecule has 22 heavy (non-hydrogen) atoms. The van der Waals surface area contributed by atoms with Gasteiger partial charge in [-0.3, -0.25) is 4.79 Å². The van der Waals surface area contributed by atoms with Gasteiger partial charge in [0.1, 0.15) is 5.75 Å². The quantitative estimate of drug-likeness (QED) is 0.496. The van der Waals surface area contributed by atoms with Crippen molar-refractivity contribution < 1.29 is 14.3 Å². The number of ether oxygens (including phenoxy) is 2. The molecule has 0 aliphatic carbocycles. The summed E-state index contributed by atoms with van der Waals surface area (Å²) in [4.78, 5) is 11.6. The van der Waals surface area contributed by atoms with Crippen LogP contribution < -0.4 is 4.74 Å². The molecule has 1 unspecified atom stereocenters. The van der Waals surface area contributed by atoms with Crippen molar-refractivity contribution in [1.29, 1.82) is 0 Å². The number of methoxy groups -OCH3 is 1. The van der Waals surface area contributed by atoms with E-state index in [1.807, 2.05) is 0 Å². The molecule has 0 radical (unpaired) electrons. The van der Waals surface area contributed by atoms with Gasteiger partial charge in [-0.2, -0.15) is 0 Å². The number of hydrogen-bond donors (Lipinski definition) is 0. The smallest absolute Gasteiger partial charge is 0.305 e. The van der Waals surface area contributed by atoms with Gasteiger partial charge in [-0.05, 0) is 48.8 Å². The van der Waals surface area contributed by atoms with Crippen molar-refractivity contribution in [3.8, 4) is 5.75 Å². The van der Waals surface area contributed by atoms with Crippen LogP contribution in [0, 0.1) is 18.8 Å². The Bertz CT molecular complexity index is 466. The minimum absolute atomic E-state index is 0.134. The van der Waals surface area contributed by atoms with Gasteiger partial charge in [0.15, 0.2) is 0 Å². The average molecular weight is 306 g/mol. The Balaban J connectivity index is 2.77. The summed E-state index contributed by atoms with van der Waals surface area (Å²) in [6.07, 6.45) is 3.54. The van der Waals surface area contributed by atoms with Crippen molar-refractivity contribution in [3.63, 3.8) is 0 Å². The van der Waals surface area contributed by atoms with Crippen LogP contribution >= 0.6 is 0 Å². The minimum atomic E-state index is -0.134. The molecule has 0 bridgehead atoms. The van der Waals surface area contributed by atoms with E-state index in [4.69, 9.17) is 9.47 Å². The van der Waals surface area contributed by atoms with Crippen molar-refractivity contribution in [1.82, 2.24) is 0 Å². The predicted octanol–water partition coefficient (Wildman–Crippen LogP) is 4.55. The second kappa shape index (κ2) is 9.50. The zero-order valence-electron chi connectivity index (χ0n) is 14.6. The van der Waals surface area contributed by atoms with E-state index in [0.29, 0.717) is 18.3 Å². The molecular weight excluding hydrogens is 276 g/mol. The van der Waals surface area contributed by atoms with Gasteiger partial charge in [0.2, 0.25) is 0 Å². The number of unbranched alkanes of at least 4 members (excludes halogenated alkanes) is 1. The Morgan fingerprint density at radius 2 is 2.00 bits per heavy atom. The lowest BCUT2D eigenvalue weighted by Crippen LogP contribution is -2.17. The van der Waals surface area contributed by atoms with Gasteiger partial charge in [0.25, 0.3) is 0 Å². The van der Waals surface area contributed by atoms with Crippen molar-refractivity contribution >= 4 is 5.97 Å². The summed E-state index contributed by atoms with van der Waals surface area (Å²) in [7, 11) is 1.45. The number of esters is 1. The Hall–Kier alpha value is -1.51. The highest BCUT2D eigenvalue weighted by atomic mass is 16.5. The fourth-order valence-electron chi connectivity index (χ4n) is 2.40. The SMILES string of the molecule is CCCCOc1cc(CC(CC(=O)OC)C(C)C)ccc1C. The third-order valence-electron chi connectivity index (χ3n) is 4.11. The Labute approximate surface area is 135 Å². The van der Waals surface area contributed by atoms with Crippen molar-refractivity contribution in [3.05, 3.63) is 29.3 Å². The lowest BCUT2D eigenvalue weighted by atomic mass is 9.86. The number of carbonyl (C=O) groups is 1. The fourth-order valence-corrected chi connectivity index (χ4v) is 2.40. The second-order valence-electron chi connectivity index (χ2n) is 6.29. The molecule has 0 spiro atoms. The van der Waals surface area contributed by atoms with Crippen LogP contribution in [0.5, 0.6) is 5.75 Å². The zero-order valence-corrected chi connectivity index (χ0v) is 14.6. The van der Waals surface area contributed by atoms with Crippen LogP contribution in [0.4, 0.5) is 0 Å². The van der Waals surface area contributed by atoms with Crippen LogP contribution in [0.3, 0.4) is 0 Å². The zero-order chi connectivity index (χ0) is 16.5. The predicted molar refractivity (Wildman–Crippen MR) is 90.2 cm³/mol. The third-order valence-corrected chi connectivity index (χ3v) is 4.11. The van der Waals surface area contributed by atoms with Gasteiger partial charge in [0, 0.05) is 6.42 Å². The molecule has 1 aromatic rings. The highest BCUT2D eigenvalue weighted by molar-refractivity contribution is 5.69. The van der Waals surface area contributed by atoms with Crippen molar-refractivity contribution in [2.45, 2.75) is 53.4 Å². The van der Waals surface area contributed by atoms with Gasteiger partial charge in [0.05, 0.1) is 13.7 Å². The van der Waals surface area contributed by atoms with Gasteiger partial charge in [-0.25, -0.2) is 0 Å². The van der Waals surface area contributed by atoms with E-state index in [2.05, 4.69) is 45.9 Å². The molecule has 0 N–H and O–H groups in total. The molecule has 1 atom stereocenters. The second-order valence-corrected chi connectivity index (χ2v) is 6.29. The first kappa shape index (κ1) is 18.5. The van der Waals surface area contributed by atoms with E-state index in [1.54, 1.807) is 0 Å². The summed E-state index contributed by atoms with van der Waals surface area (Å²) < 4.78 is 10.7. The lowest BCUT2D eigenvalue weighted by molar-refractivity contribution is -0.142. The van der Waals surface area contributed by atoms with E-state index in [1.165, 1.54) is 12.7 Å². The molecule has 0 heterocycles. The normalized spacial score (nSPS) is 12.3. The minimum Gasteiger partial charge on any atom is -0.493 e. The maximum atomic E-state index is 11.6. The third kappa shape index (κ3) is 6.08. The topological polar surface area (TPSA) is 35.5 Å². The molecular formula is C19H30O3. The maximum absolute atomic E-state index is 11.6. The van der Waals surface area contributed by atoms with E-state index >= 15 is 0 Å². The summed E-state index contributed by atoms with van der Waals surface area (Å²) in [5.41, 5.74) is 2.38. The first-order valence-corrected chi connectivity index (χ1v) is 8.27. The van der Waals surface area contributed by atoms with Crippen LogP contribution in [0.2, 0.25) is 0 Å². The summed E-state index contributed by atoms with van der Waals surface area (Å²) >= 11 is 0. The van der Waals surface area contributed by atoms with Gasteiger partial charge < -0.3 is 9.47 Å². The van der Waals surface area contributed by atoms with E-state index in [9.17, 15) is 4.79 Å². The molecule has 0 aromatic heterocycles. The number of carbonyl (C=O) groups excluding carboxylic acids is 1. The lowest BCUT2D eigenvalue weighted by Gasteiger charge is -2.20. The van der Waals surface area contributed by atoms with Crippen LogP contribution in [0.15, 0.2) is 18.2 Å². The Morgan fingerprint density at radius 1 is 1.27 bits per heavy atom. The van der Waals surface area contributed by atoms with E-state index < -0.39 is 0 Å². The average Bonchev–Trinajstić information content (AvgIpc) is 2.49. The molecule has 3 nitrogen and oxygen atoms in total. The molecule has 124 valence electrons. The Kier molecular flexibility index (Phi) is 8.00. The summed E-state index contributed by atoms with van der Waals surface area (Å²) in [6.45, 7) is 9.30. The maximum Gasteiger partial charge on any atom is 0.305 e. The first-order valence-electron chi connectivity index (χ1n) is 8.27. The van der Waals surface area contributed by atoms with Gasteiger partial charge in [-0.15, -0.1) is 0 Å². The highest BCUT2D eigenvalue weighted by Crippen LogP contribution is 2.26. The summed E-state index contributed by atoms with van der Waals surface area (Å²) in [5.74, 6) is 1.56. The molecule has 0 aliphatic rings. The number of benzene rings is 1. The van der Waals surface area contributed by atoms with E-state index in [0.717, 1.165) is 37.2 Å². The standard InChI is InChI=1S/C19H30O3/c1-6-7-10-22-18-12-16(9-8-15(18)4)11-17(14(2)3)13-19(20)21-5/h8-9,12,14,17H,6-7,10-11,13H2,1-5H3. The largest absolute Gasteiger partial charge is 0.493 e. The highest BCUT2D eigenvalue weighted by Gasteiger charge is 2.19. The fraction of sp³-hybridized carbons (Fsp3) is 0.632. The molecule has 0 saturated heterocycles. The molecule has 1 rings (SSSR count). The molecule has 0 saturated carbocycles. The van der Waals surface area contributed by atoms with Crippen LogP contribution in [-0.4, -0.2) is 19.7 Å². The van der Waals surface area contributed by atoms with Crippen molar-refractivity contribution in [2.75, 3.05) is 13.7 Å². The van der Waals surface area contributed by atoms with Crippen molar-refractivity contribution in [2.24, 2.45) is 11.8 Å². The van der Waals surface area contributed by atoms with Crippen LogP contribution in [0.1, 0.15) is 51.2 Å². The number of hydrogen-bond acceptors (Lipinski definition) is 3. The van der Waals surface area contributed by atoms with Gasteiger partial charge in [-0.1, -0.05) is 39.3 Å². The Morgan fingerprint density at radius 3 is 2.59 bits per heavy atom. The monoisotopic (exact) mass is 306 g/mol. The summed E-state index contributed by atoms with van der Waals surface area (Å²) in [5, 5.41) is 0. The summed E-state index contributed by atoms with van der Waals surface area (Å²) in [6, 6.07) is 6.36. The van der Waals surface area contributed by atoms with Crippen LogP contribution in [-0.2, 0) is 16.0 Å². The van der Waals surface area contributed by atoms with E-state index in [-0.39, 0.29) is 5.97 Å². The molecule has 0 amide bonds. The number of aryl methyl sites for hydroxylation is 1. The molecule has 0 fully saturated rings.